The van der Waals surface area contributed by atoms with Crippen molar-refractivity contribution in [3.05, 3.63) is 83.8 Å². The van der Waals surface area contributed by atoms with Crippen molar-refractivity contribution in [2.24, 2.45) is 0 Å². The van der Waals surface area contributed by atoms with Gasteiger partial charge in [0, 0.05) is 39.2 Å². The average Bonchev–Trinajstić information content (AvgIpc) is 3.58. The molecule has 0 bridgehead atoms. The first-order valence-corrected chi connectivity index (χ1v) is 15.3. The van der Waals surface area contributed by atoms with Crippen LogP contribution in [0, 0.1) is 0 Å². The summed E-state index contributed by atoms with van der Waals surface area (Å²) in [7, 11) is -2.98. The normalized spacial score (nSPS) is 16.0. The Morgan fingerprint density at radius 2 is 1.73 bits per heavy atom. The molecule has 0 radical (unpaired) electrons. The molecule has 188 valence electrons. The van der Waals surface area contributed by atoms with Gasteiger partial charge in [-0.05, 0) is 36.3 Å². The van der Waals surface area contributed by atoms with Gasteiger partial charge in [0.2, 0.25) is 0 Å². The van der Waals surface area contributed by atoms with E-state index in [1.54, 1.807) is 11.3 Å². The molecule has 6 nitrogen and oxygen atoms in total. The van der Waals surface area contributed by atoms with Crippen LogP contribution in [0.2, 0.25) is 0 Å². The molecule has 1 aliphatic rings. The average molecular weight is 529 g/mol. The Morgan fingerprint density at radius 3 is 2.38 bits per heavy atom. The minimum absolute atomic E-state index is 0.0875. The molecule has 8 heteroatoms. The van der Waals surface area contributed by atoms with Crippen LogP contribution in [-0.4, -0.2) is 39.5 Å². The summed E-state index contributed by atoms with van der Waals surface area (Å²) in [6.45, 7) is 4.36. The number of sulfone groups is 1. The minimum atomic E-state index is -2.98. The molecule has 0 unspecified atom stereocenters. The van der Waals surface area contributed by atoms with Gasteiger partial charge in [-0.3, -0.25) is 4.98 Å². The zero-order valence-electron chi connectivity index (χ0n) is 20.8. The zero-order chi connectivity index (χ0) is 25.6. The summed E-state index contributed by atoms with van der Waals surface area (Å²) in [6.07, 6.45) is 4.95. The van der Waals surface area contributed by atoms with Crippen molar-refractivity contribution in [2.75, 3.05) is 11.5 Å². The van der Waals surface area contributed by atoms with Crippen LogP contribution < -0.4 is 0 Å². The highest BCUT2D eigenvalue weighted by atomic mass is 32.2. The van der Waals surface area contributed by atoms with Crippen LogP contribution in [0.4, 0.5) is 0 Å². The predicted octanol–water partition coefficient (Wildman–Crippen LogP) is 6.60. The van der Waals surface area contributed by atoms with Crippen LogP contribution in [0.15, 0.2) is 72.4 Å². The number of aromatic nitrogens is 4. The molecule has 1 saturated heterocycles. The molecular formula is C29H28N4O2S2. The van der Waals surface area contributed by atoms with E-state index in [0.717, 1.165) is 49.9 Å². The van der Waals surface area contributed by atoms with E-state index in [1.807, 2.05) is 41.2 Å². The molecule has 0 saturated carbocycles. The summed E-state index contributed by atoms with van der Waals surface area (Å²) >= 11 is 1.69. The van der Waals surface area contributed by atoms with E-state index in [-0.39, 0.29) is 23.3 Å². The highest BCUT2D eigenvalue weighted by Gasteiger charge is 2.31. The summed E-state index contributed by atoms with van der Waals surface area (Å²) in [5.41, 5.74) is 7.87. The number of pyridine rings is 1. The lowest BCUT2D eigenvalue weighted by Gasteiger charge is -2.26. The fourth-order valence-corrected chi connectivity index (χ4v) is 7.51. The maximum absolute atomic E-state index is 12.2. The Bertz CT molecular complexity index is 1640. The summed E-state index contributed by atoms with van der Waals surface area (Å²) < 4.78 is 26.4. The van der Waals surface area contributed by atoms with Crippen molar-refractivity contribution in [3.63, 3.8) is 0 Å². The van der Waals surface area contributed by atoms with E-state index in [2.05, 4.69) is 49.6 Å². The lowest BCUT2D eigenvalue weighted by atomic mass is 9.90. The quantitative estimate of drug-likeness (QED) is 0.257. The van der Waals surface area contributed by atoms with Crippen LogP contribution >= 0.6 is 11.3 Å². The number of hydrogen-bond donors (Lipinski definition) is 0. The molecule has 1 aliphatic heterocycles. The number of rotatable bonds is 5. The third kappa shape index (κ3) is 4.49. The first-order chi connectivity index (χ1) is 17.9. The molecule has 0 aliphatic carbocycles. The van der Waals surface area contributed by atoms with Crippen LogP contribution in [-0.2, 0) is 9.84 Å². The number of nitrogens with zero attached hydrogens (tertiary/aromatic N) is 4. The highest BCUT2D eigenvalue weighted by Crippen LogP contribution is 2.42. The van der Waals surface area contributed by atoms with Gasteiger partial charge in [0.25, 0.3) is 0 Å². The van der Waals surface area contributed by atoms with Gasteiger partial charge in [-0.1, -0.05) is 56.3 Å². The van der Waals surface area contributed by atoms with E-state index in [1.165, 1.54) is 0 Å². The van der Waals surface area contributed by atoms with Gasteiger partial charge in [0.05, 0.1) is 34.8 Å². The largest absolute Gasteiger partial charge is 0.256 e. The van der Waals surface area contributed by atoms with Crippen molar-refractivity contribution in [3.8, 4) is 32.8 Å². The first kappa shape index (κ1) is 24.0. The second-order valence-electron chi connectivity index (χ2n) is 9.91. The van der Waals surface area contributed by atoms with Crippen LogP contribution in [0.1, 0.15) is 49.9 Å². The summed E-state index contributed by atoms with van der Waals surface area (Å²) in [5, 5.41) is 6.89. The van der Waals surface area contributed by atoms with Crippen LogP contribution in [0.3, 0.4) is 0 Å². The third-order valence-electron chi connectivity index (χ3n) is 7.11. The number of hydrogen-bond acceptors (Lipinski definition) is 6. The number of fused-ring (bicyclic) bond motifs is 1. The first-order valence-electron chi connectivity index (χ1n) is 12.6. The van der Waals surface area contributed by atoms with E-state index in [4.69, 9.17) is 15.1 Å². The predicted molar refractivity (Wildman–Crippen MR) is 150 cm³/mol. The SMILES string of the molecule is CC(C)c1c(-c2cccs2)c(C2CCS(=O)(=O)CC2)nc2c(-c3ccc(-c4ccccc4)nc3)cnn12. The third-order valence-corrected chi connectivity index (χ3v) is 9.71. The molecule has 0 N–H and O–H groups in total. The number of benzene rings is 1. The van der Waals surface area contributed by atoms with Gasteiger partial charge in [-0.15, -0.1) is 11.3 Å². The molecule has 1 aromatic carbocycles. The molecule has 0 atom stereocenters. The van der Waals surface area contributed by atoms with Crippen LogP contribution in [0.5, 0.6) is 0 Å². The van der Waals surface area contributed by atoms with E-state index in [9.17, 15) is 8.42 Å². The minimum Gasteiger partial charge on any atom is -0.256 e. The van der Waals surface area contributed by atoms with Crippen molar-refractivity contribution >= 4 is 26.8 Å². The van der Waals surface area contributed by atoms with E-state index in [0.29, 0.717) is 12.8 Å². The molecule has 0 amide bonds. The van der Waals surface area contributed by atoms with Gasteiger partial charge in [0.15, 0.2) is 5.65 Å². The Morgan fingerprint density at radius 1 is 0.946 bits per heavy atom. The summed E-state index contributed by atoms with van der Waals surface area (Å²) in [4.78, 5) is 11.1. The Labute approximate surface area is 221 Å². The van der Waals surface area contributed by atoms with Crippen LogP contribution in [0.25, 0.3) is 38.5 Å². The molecule has 37 heavy (non-hydrogen) atoms. The van der Waals surface area contributed by atoms with Gasteiger partial charge in [-0.25, -0.2) is 17.9 Å². The maximum atomic E-state index is 12.2. The van der Waals surface area contributed by atoms with E-state index < -0.39 is 9.84 Å². The fourth-order valence-electron chi connectivity index (χ4n) is 5.23. The molecule has 5 heterocycles. The van der Waals surface area contributed by atoms with Crippen molar-refractivity contribution in [1.29, 1.82) is 0 Å². The Kier molecular flexibility index (Phi) is 6.16. The zero-order valence-corrected chi connectivity index (χ0v) is 22.5. The van der Waals surface area contributed by atoms with Crippen molar-refractivity contribution in [2.45, 2.75) is 38.5 Å². The summed E-state index contributed by atoms with van der Waals surface area (Å²) in [6, 6.07) is 18.4. The monoisotopic (exact) mass is 528 g/mol. The smallest absolute Gasteiger partial charge is 0.163 e. The lowest BCUT2D eigenvalue weighted by Crippen LogP contribution is -2.24. The second-order valence-corrected chi connectivity index (χ2v) is 13.2. The molecular weight excluding hydrogens is 500 g/mol. The highest BCUT2D eigenvalue weighted by molar-refractivity contribution is 7.91. The molecule has 0 spiro atoms. The standard InChI is InChI=1S/C29H28N4O2S2/c1-19(2)28-26(25-9-6-14-36-25)27(21-12-15-37(34,35)16-13-21)32-29-23(18-31-33(28)29)22-10-11-24(30-17-22)20-7-4-3-5-8-20/h3-11,14,17-19,21H,12-13,15-16H2,1-2H3. The fraction of sp³-hybridized carbons (Fsp3) is 0.276. The molecule has 5 aromatic rings. The molecule has 6 rings (SSSR count). The Balaban J connectivity index is 1.53. The van der Waals surface area contributed by atoms with Crippen molar-refractivity contribution in [1.82, 2.24) is 19.6 Å². The topological polar surface area (TPSA) is 77.2 Å². The van der Waals surface area contributed by atoms with E-state index >= 15 is 0 Å². The van der Waals surface area contributed by atoms with Gasteiger partial charge in [-0.2, -0.15) is 5.10 Å². The maximum Gasteiger partial charge on any atom is 0.163 e. The number of thiophene rings is 1. The van der Waals surface area contributed by atoms with Gasteiger partial charge >= 0.3 is 0 Å². The Hall–Kier alpha value is -3.36. The second kappa shape index (κ2) is 9.50. The molecule has 4 aromatic heterocycles. The van der Waals surface area contributed by atoms with Crippen molar-refractivity contribution < 1.29 is 8.42 Å². The summed E-state index contributed by atoms with van der Waals surface area (Å²) in [5.74, 6) is 0.703. The molecule has 1 fully saturated rings. The van der Waals surface area contributed by atoms with Gasteiger partial charge < -0.3 is 0 Å². The van der Waals surface area contributed by atoms with Gasteiger partial charge in [0.1, 0.15) is 9.84 Å². The lowest BCUT2D eigenvalue weighted by molar-refractivity contribution is 0.544.